The molecule has 3 heterocycles. The maximum Gasteiger partial charge on any atom is 0.222 e. The van der Waals surface area contributed by atoms with Gasteiger partial charge in [-0.25, -0.2) is 0 Å². The Bertz CT molecular complexity index is 1260. The van der Waals surface area contributed by atoms with Crippen LogP contribution in [0.15, 0.2) is 53.3 Å². The highest BCUT2D eigenvalue weighted by Gasteiger charge is 2.26. The van der Waals surface area contributed by atoms with Crippen molar-refractivity contribution in [1.29, 1.82) is 0 Å². The van der Waals surface area contributed by atoms with Crippen molar-refractivity contribution < 1.29 is 19.0 Å². The number of para-hydroxylation sites is 1. The largest absolute Gasteiger partial charge is 0.490 e. The molecule has 0 atom stereocenters. The normalized spacial score (nSPS) is 17.3. The van der Waals surface area contributed by atoms with Gasteiger partial charge >= 0.3 is 0 Å². The number of ether oxygens (including phenoxy) is 3. The van der Waals surface area contributed by atoms with Gasteiger partial charge in [-0.05, 0) is 49.9 Å². The first kappa shape index (κ1) is 24.4. The van der Waals surface area contributed by atoms with Crippen LogP contribution in [0, 0.1) is 12.8 Å². The highest BCUT2D eigenvalue weighted by molar-refractivity contribution is 5.79. The molecule has 36 heavy (non-hydrogen) atoms. The number of H-pyrrole nitrogens is 1. The van der Waals surface area contributed by atoms with Gasteiger partial charge in [-0.3, -0.25) is 9.59 Å². The average molecular weight is 491 g/mol. The molecule has 0 bridgehead atoms. The molecule has 2 aromatic carbocycles. The summed E-state index contributed by atoms with van der Waals surface area (Å²) in [6.07, 6.45) is 4.33. The number of carbonyl (C=O) groups is 1. The first-order chi connectivity index (χ1) is 17.6. The first-order valence-corrected chi connectivity index (χ1v) is 12.9. The summed E-state index contributed by atoms with van der Waals surface area (Å²) < 4.78 is 17.7. The monoisotopic (exact) mass is 490 g/mol. The van der Waals surface area contributed by atoms with Gasteiger partial charge in [0.2, 0.25) is 5.91 Å². The molecular formula is C29H34N2O5. The fraction of sp³-hybridized carbons (Fsp3) is 0.448. The van der Waals surface area contributed by atoms with Gasteiger partial charge in [0.15, 0.2) is 5.43 Å². The van der Waals surface area contributed by atoms with Crippen LogP contribution >= 0.6 is 0 Å². The molecule has 0 radical (unpaired) electrons. The molecule has 1 amide bonds. The Morgan fingerprint density at radius 3 is 2.58 bits per heavy atom. The SMILES string of the molecule is Cc1c(COc2cccc(OC3CCN(C(=O)CC4CCOCC4)CC3)c2)[nH]c2ccccc2c1=O. The van der Waals surface area contributed by atoms with Crippen molar-refractivity contribution in [2.24, 2.45) is 5.92 Å². The molecule has 5 rings (SSSR count). The Kier molecular flexibility index (Phi) is 7.56. The van der Waals surface area contributed by atoms with Gasteiger partial charge in [-0.1, -0.05) is 18.2 Å². The second-order valence-corrected chi connectivity index (χ2v) is 9.82. The van der Waals surface area contributed by atoms with Crippen LogP contribution in [0.25, 0.3) is 10.9 Å². The number of carbonyl (C=O) groups excluding carboxylic acids is 1. The molecule has 3 aromatic rings. The molecule has 2 aliphatic rings. The molecule has 2 saturated heterocycles. The fourth-order valence-electron chi connectivity index (χ4n) is 5.06. The molecule has 0 spiro atoms. The summed E-state index contributed by atoms with van der Waals surface area (Å²) in [5, 5.41) is 0.686. The second-order valence-electron chi connectivity index (χ2n) is 9.82. The quantitative estimate of drug-likeness (QED) is 0.524. The lowest BCUT2D eigenvalue weighted by Gasteiger charge is -2.33. The zero-order chi connectivity index (χ0) is 24.9. The fourth-order valence-corrected chi connectivity index (χ4v) is 5.06. The summed E-state index contributed by atoms with van der Waals surface area (Å²) in [6.45, 7) is 5.11. The van der Waals surface area contributed by atoms with Crippen molar-refractivity contribution in [3.05, 3.63) is 70.0 Å². The number of aromatic amines is 1. The Morgan fingerprint density at radius 1 is 1.03 bits per heavy atom. The first-order valence-electron chi connectivity index (χ1n) is 12.9. The van der Waals surface area contributed by atoms with Crippen molar-refractivity contribution >= 4 is 16.8 Å². The number of piperidine rings is 1. The third-order valence-electron chi connectivity index (χ3n) is 7.34. The van der Waals surface area contributed by atoms with Crippen LogP contribution in [0.4, 0.5) is 0 Å². The van der Waals surface area contributed by atoms with E-state index in [1.807, 2.05) is 60.4 Å². The number of nitrogens with one attached hydrogen (secondary N) is 1. The van der Waals surface area contributed by atoms with E-state index in [9.17, 15) is 9.59 Å². The lowest BCUT2D eigenvalue weighted by Crippen LogP contribution is -2.42. The molecular weight excluding hydrogens is 456 g/mol. The van der Waals surface area contributed by atoms with Crippen molar-refractivity contribution in [2.75, 3.05) is 26.3 Å². The Labute approximate surface area is 211 Å². The molecule has 2 fully saturated rings. The third kappa shape index (κ3) is 5.73. The predicted molar refractivity (Wildman–Crippen MR) is 138 cm³/mol. The van der Waals surface area contributed by atoms with E-state index >= 15 is 0 Å². The summed E-state index contributed by atoms with van der Waals surface area (Å²) in [7, 11) is 0. The van der Waals surface area contributed by atoms with E-state index in [0.717, 1.165) is 68.9 Å². The number of nitrogens with zero attached hydrogens (tertiary/aromatic N) is 1. The second kappa shape index (κ2) is 11.2. The number of hydrogen-bond donors (Lipinski definition) is 1. The molecule has 1 N–H and O–H groups in total. The Balaban J connectivity index is 1.14. The molecule has 7 nitrogen and oxygen atoms in total. The van der Waals surface area contributed by atoms with Crippen LogP contribution in [0.5, 0.6) is 11.5 Å². The van der Waals surface area contributed by atoms with Gasteiger partial charge in [0.25, 0.3) is 0 Å². The number of aromatic nitrogens is 1. The van der Waals surface area contributed by atoms with E-state index in [1.54, 1.807) is 0 Å². The minimum atomic E-state index is 0.0256. The molecule has 190 valence electrons. The number of fused-ring (bicyclic) bond motifs is 1. The average Bonchev–Trinajstić information content (AvgIpc) is 2.91. The number of hydrogen-bond acceptors (Lipinski definition) is 5. The molecule has 2 aliphatic heterocycles. The van der Waals surface area contributed by atoms with Gasteiger partial charge in [-0.2, -0.15) is 0 Å². The van der Waals surface area contributed by atoms with E-state index in [2.05, 4.69) is 4.98 Å². The Hall–Kier alpha value is -3.32. The zero-order valence-electron chi connectivity index (χ0n) is 20.8. The van der Waals surface area contributed by atoms with Gasteiger partial charge in [0.05, 0.1) is 5.69 Å². The van der Waals surface area contributed by atoms with Crippen molar-refractivity contribution in [1.82, 2.24) is 9.88 Å². The number of benzene rings is 2. The molecule has 7 heteroatoms. The summed E-state index contributed by atoms with van der Waals surface area (Å²) in [4.78, 5) is 30.7. The number of rotatable bonds is 7. The van der Waals surface area contributed by atoms with Gasteiger partial charge < -0.3 is 24.1 Å². The summed E-state index contributed by atoms with van der Waals surface area (Å²) in [5.74, 6) is 2.16. The van der Waals surface area contributed by atoms with Crippen LogP contribution in [0.3, 0.4) is 0 Å². The topological polar surface area (TPSA) is 80.9 Å². The highest BCUT2D eigenvalue weighted by Crippen LogP contribution is 2.26. The van der Waals surface area contributed by atoms with Crippen molar-refractivity contribution in [3.8, 4) is 11.5 Å². The summed E-state index contributed by atoms with van der Waals surface area (Å²) in [6, 6.07) is 15.1. The van der Waals surface area contributed by atoms with Crippen LogP contribution < -0.4 is 14.9 Å². The maximum atomic E-state index is 12.7. The molecule has 0 unspecified atom stereocenters. The van der Waals surface area contributed by atoms with Gasteiger partial charge in [0, 0.05) is 68.1 Å². The molecule has 1 aromatic heterocycles. The van der Waals surface area contributed by atoms with E-state index in [-0.39, 0.29) is 24.0 Å². The minimum absolute atomic E-state index is 0.0256. The molecule has 0 saturated carbocycles. The summed E-state index contributed by atoms with van der Waals surface area (Å²) >= 11 is 0. The lowest BCUT2D eigenvalue weighted by atomic mass is 9.95. The van der Waals surface area contributed by atoms with Crippen LogP contribution in [-0.4, -0.2) is 48.2 Å². The standard InChI is InChI=1S/C29H34N2O5/c1-20-27(30-26-8-3-2-7-25(26)29(20)33)19-35-23-5-4-6-24(18-23)36-22-9-13-31(14-10-22)28(32)17-21-11-15-34-16-12-21/h2-8,18,21-22H,9-17,19H2,1H3,(H,30,33). The van der Waals surface area contributed by atoms with Crippen LogP contribution in [-0.2, 0) is 16.1 Å². The van der Waals surface area contributed by atoms with Gasteiger partial charge in [-0.15, -0.1) is 0 Å². The minimum Gasteiger partial charge on any atom is -0.490 e. The maximum absolute atomic E-state index is 12.7. The number of amides is 1. The van der Waals surface area contributed by atoms with Crippen LogP contribution in [0.1, 0.15) is 43.4 Å². The smallest absolute Gasteiger partial charge is 0.222 e. The van der Waals surface area contributed by atoms with Crippen molar-refractivity contribution in [2.45, 2.75) is 51.7 Å². The van der Waals surface area contributed by atoms with Gasteiger partial charge in [0.1, 0.15) is 24.2 Å². The zero-order valence-corrected chi connectivity index (χ0v) is 20.8. The molecule has 0 aliphatic carbocycles. The van der Waals surface area contributed by atoms with E-state index in [0.29, 0.717) is 29.0 Å². The Morgan fingerprint density at radius 2 is 1.78 bits per heavy atom. The van der Waals surface area contributed by atoms with E-state index in [1.165, 1.54) is 0 Å². The predicted octanol–water partition coefficient (Wildman–Crippen LogP) is 4.60. The number of likely N-dealkylation sites (tertiary alicyclic amines) is 1. The van der Waals surface area contributed by atoms with E-state index in [4.69, 9.17) is 14.2 Å². The highest BCUT2D eigenvalue weighted by atomic mass is 16.5. The third-order valence-corrected chi connectivity index (χ3v) is 7.34. The van der Waals surface area contributed by atoms with Crippen LogP contribution in [0.2, 0.25) is 0 Å². The number of pyridine rings is 1. The lowest BCUT2D eigenvalue weighted by molar-refractivity contribution is -0.134. The van der Waals surface area contributed by atoms with Crippen molar-refractivity contribution in [3.63, 3.8) is 0 Å². The van der Waals surface area contributed by atoms with E-state index < -0.39 is 0 Å². The summed E-state index contributed by atoms with van der Waals surface area (Å²) in [5.41, 5.74) is 2.26.